The van der Waals surface area contributed by atoms with Gasteiger partial charge in [-0.25, -0.2) is 0 Å². The third-order valence-corrected chi connectivity index (χ3v) is 3.60. The summed E-state index contributed by atoms with van der Waals surface area (Å²) in [5, 5.41) is 0.689. The van der Waals surface area contributed by atoms with Gasteiger partial charge in [0.1, 0.15) is 0 Å². The van der Waals surface area contributed by atoms with Gasteiger partial charge in [-0.15, -0.1) is 0 Å². The molecule has 0 amide bonds. The molecule has 1 heterocycles. The molecule has 3 heteroatoms. The second kappa shape index (κ2) is 4.69. The first-order chi connectivity index (χ1) is 8.02. The number of aldehydes is 1. The lowest BCUT2D eigenvalue weighted by Gasteiger charge is -2.40. The molecule has 0 saturated carbocycles. The molecule has 1 aromatic carbocycles. The second-order valence-corrected chi connectivity index (χ2v) is 5.95. The van der Waals surface area contributed by atoms with Gasteiger partial charge in [-0.2, -0.15) is 0 Å². The molecule has 0 N–H and O–H groups in total. The van der Waals surface area contributed by atoms with Gasteiger partial charge in [0.2, 0.25) is 0 Å². The number of carbonyl (C=O) groups is 1. The molecule has 1 aliphatic rings. The smallest absolute Gasteiger partial charge is 0.152 e. The Morgan fingerprint density at radius 2 is 2.18 bits per heavy atom. The summed E-state index contributed by atoms with van der Waals surface area (Å²) in [6.45, 7) is 6.52. The van der Waals surface area contributed by atoms with E-state index in [4.69, 9.17) is 11.6 Å². The van der Waals surface area contributed by atoms with Crippen molar-refractivity contribution in [3.05, 3.63) is 28.8 Å². The van der Waals surface area contributed by atoms with Crippen LogP contribution < -0.4 is 4.90 Å². The van der Waals surface area contributed by atoms with Crippen molar-refractivity contribution in [1.29, 1.82) is 0 Å². The normalized spacial score (nSPS) is 19.1. The summed E-state index contributed by atoms with van der Waals surface area (Å²) in [6, 6.07) is 5.46. The van der Waals surface area contributed by atoms with Crippen LogP contribution in [0.2, 0.25) is 5.02 Å². The number of nitrogens with zero attached hydrogens (tertiary/aromatic N) is 1. The molecule has 1 fully saturated rings. The zero-order chi connectivity index (χ0) is 12.5. The fraction of sp³-hybridized carbons (Fsp3) is 0.500. The van der Waals surface area contributed by atoms with Crippen molar-refractivity contribution in [2.75, 3.05) is 18.0 Å². The molecular weight excluding hydrogens is 234 g/mol. The van der Waals surface area contributed by atoms with Crippen molar-refractivity contribution in [2.45, 2.75) is 26.7 Å². The summed E-state index contributed by atoms with van der Waals surface area (Å²) >= 11 is 6.02. The van der Waals surface area contributed by atoms with Gasteiger partial charge in [-0.05, 0) is 36.5 Å². The van der Waals surface area contributed by atoms with Gasteiger partial charge in [0.25, 0.3) is 0 Å². The highest BCUT2D eigenvalue weighted by atomic mass is 35.5. The number of piperidine rings is 1. The van der Waals surface area contributed by atoms with Crippen LogP contribution in [0.4, 0.5) is 5.69 Å². The highest BCUT2D eigenvalue weighted by molar-refractivity contribution is 6.31. The quantitative estimate of drug-likeness (QED) is 0.746. The third kappa shape index (κ3) is 2.81. The monoisotopic (exact) mass is 251 g/mol. The Morgan fingerprint density at radius 3 is 2.82 bits per heavy atom. The maximum absolute atomic E-state index is 11.1. The van der Waals surface area contributed by atoms with Crippen LogP contribution in [0.15, 0.2) is 18.2 Å². The SMILES string of the molecule is CC1(C)CCCN(c2cc(Cl)ccc2C=O)C1. The third-order valence-electron chi connectivity index (χ3n) is 3.36. The number of hydrogen-bond acceptors (Lipinski definition) is 2. The number of benzene rings is 1. The molecular formula is C14H18ClNO. The molecule has 2 rings (SSSR count). The van der Waals surface area contributed by atoms with Gasteiger partial charge < -0.3 is 4.90 Å². The van der Waals surface area contributed by atoms with Crippen molar-refractivity contribution < 1.29 is 4.79 Å². The summed E-state index contributed by atoms with van der Waals surface area (Å²) in [4.78, 5) is 13.3. The molecule has 1 saturated heterocycles. The minimum absolute atomic E-state index is 0.306. The standard InChI is InChI=1S/C14H18ClNO/c1-14(2)6-3-7-16(10-14)13-8-12(15)5-4-11(13)9-17/h4-5,8-9H,3,6-7,10H2,1-2H3. The molecule has 92 valence electrons. The van der Waals surface area contributed by atoms with Crippen LogP contribution in [0.25, 0.3) is 0 Å². The van der Waals surface area contributed by atoms with E-state index in [0.717, 1.165) is 37.0 Å². The lowest BCUT2D eigenvalue weighted by molar-refractivity contribution is 0.112. The minimum Gasteiger partial charge on any atom is -0.370 e. The minimum atomic E-state index is 0.306. The first-order valence-electron chi connectivity index (χ1n) is 6.01. The zero-order valence-electron chi connectivity index (χ0n) is 10.4. The Hall–Kier alpha value is -1.02. The van der Waals surface area contributed by atoms with Crippen LogP contribution in [0.3, 0.4) is 0 Å². The Labute approximate surface area is 108 Å². The van der Waals surface area contributed by atoms with Crippen molar-refractivity contribution in [3.63, 3.8) is 0 Å². The Bertz CT molecular complexity index is 428. The maximum atomic E-state index is 11.1. The lowest BCUT2D eigenvalue weighted by Crippen LogP contribution is -2.40. The van der Waals surface area contributed by atoms with Gasteiger partial charge in [0, 0.05) is 29.4 Å². The van der Waals surface area contributed by atoms with Crippen molar-refractivity contribution in [3.8, 4) is 0 Å². The molecule has 0 aromatic heterocycles. The molecule has 0 unspecified atom stereocenters. The van der Waals surface area contributed by atoms with E-state index in [0.29, 0.717) is 10.4 Å². The van der Waals surface area contributed by atoms with Gasteiger partial charge in [-0.1, -0.05) is 25.4 Å². The van der Waals surface area contributed by atoms with E-state index < -0.39 is 0 Å². The molecule has 1 aliphatic heterocycles. The fourth-order valence-electron chi connectivity index (χ4n) is 2.52. The van der Waals surface area contributed by atoms with Gasteiger partial charge in [0.05, 0.1) is 0 Å². The predicted octanol–water partition coefficient (Wildman–Crippen LogP) is 3.78. The van der Waals surface area contributed by atoms with Crippen molar-refractivity contribution >= 4 is 23.6 Å². The highest BCUT2D eigenvalue weighted by Gasteiger charge is 2.27. The first-order valence-corrected chi connectivity index (χ1v) is 6.39. The zero-order valence-corrected chi connectivity index (χ0v) is 11.1. The van der Waals surface area contributed by atoms with Crippen LogP contribution in [0.1, 0.15) is 37.0 Å². The van der Waals surface area contributed by atoms with E-state index in [-0.39, 0.29) is 0 Å². The highest BCUT2D eigenvalue weighted by Crippen LogP contribution is 2.33. The number of anilines is 1. The summed E-state index contributed by atoms with van der Waals surface area (Å²) in [6.07, 6.45) is 3.31. The summed E-state index contributed by atoms with van der Waals surface area (Å²) in [7, 11) is 0. The van der Waals surface area contributed by atoms with E-state index in [2.05, 4.69) is 18.7 Å². The van der Waals surface area contributed by atoms with Crippen LogP contribution >= 0.6 is 11.6 Å². The predicted molar refractivity (Wildman–Crippen MR) is 72.1 cm³/mol. The molecule has 0 bridgehead atoms. The first kappa shape index (κ1) is 12.4. The Balaban J connectivity index is 2.32. The van der Waals surface area contributed by atoms with E-state index in [1.54, 1.807) is 12.1 Å². The largest absolute Gasteiger partial charge is 0.370 e. The molecule has 0 spiro atoms. The van der Waals surface area contributed by atoms with Crippen LogP contribution in [-0.2, 0) is 0 Å². The van der Waals surface area contributed by atoms with Gasteiger partial charge in [0.15, 0.2) is 6.29 Å². The fourth-order valence-corrected chi connectivity index (χ4v) is 2.69. The average molecular weight is 252 g/mol. The molecule has 17 heavy (non-hydrogen) atoms. The molecule has 1 aromatic rings. The molecule has 0 atom stereocenters. The number of rotatable bonds is 2. The van der Waals surface area contributed by atoms with Crippen LogP contribution in [0, 0.1) is 5.41 Å². The van der Waals surface area contributed by atoms with E-state index >= 15 is 0 Å². The average Bonchev–Trinajstić information content (AvgIpc) is 2.27. The number of hydrogen-bond donors (Lipinski definition) is 0. The van der Waals surface area contributed by atoms with Crippen LogP contribution in [-0.4, -0.2) is 19.4 Å². The topological polar surface area (TPSA) is 20.3 Å². The Kier molecular flexibility index (Phi) is 3.43. The van der Waals surface area contributed by atoms with E-state index in [1.165, 1.54) is 6.42 Å². The van der Waals surface area contributed by atoms with E-state index in [9.17, 15) is 4.79 Å². The van der Waals surface area contributed by atoms with Gasteiger partial charge in [-0.3, -0.25) is 4.79 Å². The summed E-state index contributed by atoms with van der Waals surface area (Å²) < 4.78 is 0. The number of halogens is 1. The Morgan fingerprint density at radius 1 is 1.41 bits per heavy atom. The maximum Gasteiger partial charge on any atom is 0.152 e. The summed E-state index contributed by atoms with van der Waals surface area (Å²) in [5.74, 6) is 0. The van der Waals surface area contributed by atoms with Gasteiger partial charge >= 0.3 is 0 Å². The lowest BCUT2D eigenvalue weighted by atomic mass is 9.84. The molecule has 2 nitrogen and oxygen atoms in total. The number of carbonyl (C=O) groups excluding carboxylic acids is 1. The van der Waals surface area contributed by atoms with Crippen molar-refractivity contribution in [2.24, 2.45) is 5.41 Å². The van der Waals surface area contributed by atoms with E-state index in [1.807, 2.05) is 6.07 Å². The molecule has 0 aliphatic carbocycles. The summed E-state index contributed by atoms with van der Waals surface area (Å²) in [5.41, 5.74) is 2.01. The molecule has 0 radical (unpaired) electrons. The van der Waals surface area contributed by atoms with Crippen molar-refractivity contribution in [1.82, 2.24) is 0 Å². The van der Waals surface area contributed by atoms with Crippen LogP contribution in [0.5, 0.6) is 0 Å². The second-order valence-electron chi connectivity index (χ2n) is 5.51.